The summed E-state index contributed by atoms with van der Waals surface area (Å²) in [5, 5.41) is 34.4. The molecule has 0 saturated carbocycles. The number of nitrogens with zero attached hydrogens (tertiary/aromatic N) is 2. The van der Waals surface area contributed by atoms with E-state index in [1.165, 1.54) is 18.5 Å². The van der Waals surface area contributed by atoms with E-state index in [9.17, 15) is 10.2 Å². The van der Waals surface area contributed by atoms with Gasteiger partial charge in [-0.25, -0.2) is 0 Å². The lowest BCUT2D eigenvalue weighted by atomic mass is 9.86. The third kappa shape index (κ3) is 5.77. The van der Waals surface area contributed by atoms with Crippen molar-refractivity contribution in [3.63, 3.8) is 0 Å². The first-order chi connectivity index (χ1) is 17.3. The number of hydrogen-bond donors (Lipinski definition) is 6. The number of aromatic amines is 1. The van der Waals surface area contributed by atoms with Gasteiger partial charge in [0.1, 0.15) is 17.8 Å². The number of anilines is 4. The second-order valence-electron chi connectivity index (χ2n) is 10.2. The molecule has 2 heterocycles. The lowest BCUT2D eigenvalue weighted by Gasteiger charge is -2.35. The maximum Gasteiger partial charge on any atom is 0.157 e. The van der Waals surface area contributed by atoms with Crippen molar-refractivity contribution in [3.8, 4) is 5.75 Å². The van der Waals surface area contributed by atoms with Gasteiger partial charge in [-0.3, -0.25) is 5.10 Å². The molecule has 1 atom stereocenters. The van der Waals surface area contributed by atoms with Crippen LogP contribution in [-0.2, 0) is 13.0 Å². The first kappa shape index (κ1) is 25.9. The predicted octanol–water partition coefficient (Wildman–Crippen LogP) is 5.16. The Hall–Kier alpha value is -3.23. The minimum atomic E-state index is -1.21. The number of aromatic hydroxyl groups is 1. The molecule has 0 radical (unpaired) electrons. The normalized spacial score (nSPS) is 15.4. The van der Waals surface area contributed by atoms with Crippen LogP contribution in [0.3, 0.4) is 0 Å². The Kier molecular flexibility index (Phi) is 8.06. The van der Waals surface area contributed by atoms with Gasteiger partial charge in [0.15, 0.2) is 5.82 Å². The molecule has 0 spiro atoms. The van der Waals surface area contributed by atoms with Gasteiger partial charge in [0.25, 0.3) is 0 Å². The van der Waals surface area contributed by atoms with Gasteiger partial charge in [-0.15, -0.1) is 0 Å². The Balaban J connectivity index is 1.43. The monoisotopic (exact) mass is 492 g/mol. The average molecular weight is 493 g/mol. The van der Waals surface area contributed by atoms with E-state index in [0.717, 1.165) is 53.7 Å². The highest BCUT2D eigenvalue weighted by molar-refractivity contribution is 5.67. The maximum absolute atomic E-state index is 10.3. The van der Waals surface area contributed by atoms with Crippen LogP contribution in [0.4, 0.5) is 23.0 Å². The van der Waals surface area contributed by atoms with Crippen LogP contribution >= 0.6 is 0 Å². The van der Waals surface area contributed by atoms with Crippen LogP contribution in [0.1, 0.15) is 62.1 Å². The summed E-state index contributed by atoms with van der Waals surface area (Å²) in [7, 11) is 0. The van der Waals surface area contributed by atoms with Gasteiger partial charge in [-0.1, -0.05) is 32.9 Å². The number of aromatic nitrogens is 2. The van der Waals surface area contributed by atoms with Crippen molar-refractivity contribution in [2.75, 3.05) is 28.6 Å². The van der Waals surface area contributed by atoms with Crippen molar-refractivity contribution in [2.45, 2.75) is 59.7 Å². The predicted molar refractivity (Wildman–Crippen MR) is 147 cm³/mol. The van der Waals surface area contributed by atoms with Crippen molar-refractivity contribution < 1.29 is 10.2 Å². The fourth-order valence-electron chi connectivity index (χ4n) is 5.08. The fraction of sp³-hybridized carbons (Fsp3) is 0.464. The van der Waals surface area contributed by atoms with Crippen LogP contribution in [-0.4, -0.2) is 33.5 Å². The zero-order valence-electron chi connectivity index (χ0n) is 21.8. The number of aryl methyl sites for hydroxylation is 2. The number of nitrogens with two attached hydrogens (primary N) is 1. The molecule has 8 nitrogen and oxygen atoms in total. The zero-order chi connectivity index (χ0) is 25.8. The molecule has 1 aromatic heterocycles. The molecule has 1 aliphatic rings. The van der Waals surface area contributed by atoms with E-state index in [0.29, 0.717) is 29.5 Å². The van der Waals surface area contributed by atoms with Gasteiger partial charge >= 0.3 is 0 Å². The third-order valence-corrected chi connectivity index (χ3v) is 7.36. The molecule has 0 bridgehead atoms. The summed E-state index contributed by atoms with van der Waals surface area (Å²) in [6, 6.07) is 12.3. The van der Waals surface area contributed by atoms with E-state index < -0.39 is 6.23 Å². The highest BCUT2D eigenvalue weighted by Crippen LogP contribution is 2.32. The minimum absolute atomic E-state index is 0.344. The molecule has 1 aliphatic heterocycles. The smallest absolute Gasteiger partial charge is 0.157 e. The summed E-state index contributed by atoms with van der Waals surface area (Å²) in [4.78, 5) is 2.45. The number of nitrogens with one attached hydrogen (secondary N) is 3. The van der Waals surface area contributed by atoms with Gasteiger partial charge in [0.05, 0.1) is 5.56 Å². The molecule has 2 aromatic carbocycles. The van der Waals surface area contributed by atoms with E-state index in [1.807, 2.05) is 38.1 Å². The number of piperidine rings is 1. The van der Waals surface area contributed by atoms with Crippen LogP contribution in [0.2, 0.25) is 0 Å². The molecule has 7 N–H and O–H groups in total. The molecule has 4 rings (SSSR count). The van der Waals surface area contributed by atoms with Gasteiger partial charge in [0.2, 0.25) is 0 Å². The van der Waals surface area contributed by atoms with Crippen molar-refractivity contribution in [3.05, 3.63) is 58.7 Å². The first-order valence-corrected chi connectivity index (χ1v) is 13.0. The molecule has 1 saturated heterocycles. The second kappa shape index (κ2) is 11.2. The summed E-state index contributed by atoms with van der Waals surface area (Å²) >= 11 is 0. The van der Waals surface area contributed by atoms with Gasteiger partial charge in [0, 0.05) is 31.0 Å². The van der Waals surface area contributed by atoms with Gasteiger partial charge < -0.3 is 31.5 Å². The Labute approximate surface area is 213 Å². The molecular weight excluding hydrogens is 452 g/mol. The number of benzene rings is 2. The van der Waals surface area contributed by atoms with Crippen LogP contribution in [0.5, 0.6) is 5.75 Å². The number of aliphatic hydroxyl groups excluding tert-OH is 1. The SMILES string of the molecule is CCc1cc(CNc2n[nH]c(Nc3ccc(N4CCC(C(C)C)CC4)cc3)c2C(N)O)cc(C)c1O. The van der Waals surface area contributed by atoms with E-state index in [1.54, 1.807) is 0 Å². The van der Waals surface area contributed by atoms with Crippen LogP contribution in [0.15, 0.2) is 36.4 Å². The van der Waals surface area contributed by atoms with Crippen molar-refractivity contribution in [2.24, 2.45) is 17.6 Å². The summed E-state index contributed by atoms with van der Waals surface area (Å²) in [5.41, 5.74) is 11.2. The average Bonchev–Trinajstić information content (AvgIpc) is 3.27. The van der Waals surface area contributed by atoms with E-state index in [4.69, 9.17) is 5.73 Å². The summed E-state index contributed by atoms with van der Waals surface area (Å²) < 4.78 is 0. The Morgan fingerprint density at radius 3 is 2.47 bits per heavy atom. The molecule has 194 valence electrons. The lowest BCUT2D eigenvalue weighted by Crippen LogP contribution is -2.35. The van der Waals surface area contributed by atoms with Crippen molar-refractivity contribution in [1.29, 1.82) is 0 Å². The Morgan fingerprint density at radius 2 is 1.86 bits per heavy atom. The topological polar surface area (TPSA) is 122 Å². The minimum Gasteiger partial charge on any atom is -0.507 e. The highest BCUT2D eigenvalue weighted by atomic mass is 16.3. The third-order valence-electron chi connectivity index (χ3n) is 7.36. The number of phenolic OH excluding ortho intramolecular Hbond substituents is 1. The quantitative estimate of drug-likeness (QED) is 0.228. The van der Waals surface area contributed by atoms with Crippen molar-refractivity contribution >= 4 is 23.0 Å². The second-order valence-corrected chi connectivity index (χ2v) is 10.2. The molecule has 1 unspecified atom stereocenters. The largest absolute Gasteiger partial charge is 0.507 e. The van der Waals surface area contributed by atoms with Crippen molar-refractivity contribution in [1.82, 2.24) is 10.2 Å². The number of rotatable bonds is 9. The Morgan fingerprint density at radius 1 is 1.17 bits per heavy atom. The van der Waals surface area contributed by atoms with E-state index >= 15 is 0 Å². The number of H-pyrrole nitrogens is 1. The van der Waals surface area contributed by atoms with Gasteiger partial charge in [-0.2, -0.15) is 5.10 Å². The molecule has 0 aliphatic carbocycles. The standard InChI is InChI=1S/C28H40N6O2/c1-5-20-15-19(14-18(4)25(20)35)16-30-27-24(26(29)36)28(33-32-27)31-22-6-8-23(9-7-22)34-12-10-21(11-13-34)17(2)3/h6-9,14-15,17,21,26,35-36H,5,10-13,16,29H2,1-4H3,(H3,30,31,32,33). The maximum atomic E-state index is 10.3. The van der Waals surface area contributed by atoms with Crippen LogP contribution in [0, 0.1) is 18.8 Å². The Bertz CT molecular complexity index is 1150. The molecule has 0 amide bonds. The lowest BCUT2D eigenvalue weighted by molar-refractivity contribution is 0.187. The van der Waals surface area contributed by atoms with Crippen LogP contribution < -0.4 is 21.3 Å². The summed E-state index contributed by atoms with van der Waals surface area (Å²) in [5.74, 6) is 2.95. The summed E-state index contributed by atoms with van der Waals surface area (Å²) in [6.45, 7) is 11.2. The first-order valence-electron chi connectivity index (χ1n) is 13.0. The highest BCUT2D eigenvalue weighted by Gasteiger charge is 2.22. The number of hydrogen-bond acceptors (Lipinski definition) is 7. The van der Waals surface area contributed by atoms with E-state index in [-0.39, 0.29) is 0 Å². The zero-order valence-corrected chi connectivity index (χ0v) is 21.8. The number of phenols is 1. The van der Waals surface area contributed by atoms with Gasteiger partial charge in [-0.05, 0) is 79.0 Å². The number of aliphatic hydroxyl groups is 1. The molecule has 8 heteroatoms. The summed E-state index contributed by atoms with van der Waals surface area (Å²) in [6.07, 6.45) is 2.02. The van der Waals surface area contributed by atoms with Crippen LogP contribution in [0.25, 0.3) is 0 Å². The fourth-order valence-corrected chi connectivity index (χ4v) is 5.08. The molecule has 1 fully saturated rings. The molecule has 36 heavy (non-hydrogen) atoms. The molecular formula is C28H40N6O2. The molecule has 3 aromatic rings. The van der Waals surface area contributed by atoms with E-state index in [2.05, 4.69) is 51.7 Å².